The van der Waals surface area contributed by atoms with Gasteiger partial charge < -0.3 is 9.88 Å². The molecular weight excluding hydrogens is 812 g/mol. The lowest BCUT2D eigenvalue weighted by Gasteiger charge is -2.27. The number of fused-ring (bicyclic) bond motifs is 15. The monoisotopic (exact) mass is 860 g/mol. The molecule has 0 unspecified atom stereocenters. The van der Waals surface area contributed by atoms with Crippen molar-refractivity contribution in [2.24, 2.45) is 0 Å². The molecule has 0 fully saturated rings. The van der Waals surface area contributed by atoms with Crippen LogP contribution < -0.4 is 16.2 Å². The quantitative estimate of drug-likeness (QED) is 0.175. The first kappa shape index (κ1) is 38.3. The van der Waals surface area contributed by atoms with Crippen molar-refractivity contribution in [3.8, 4) is 27.9 Å². The molecule has 0 amide bonds. The van der Waals surface area contributed by atoms with E-state index in [4.69, 9.17) is 0 Å². The lowest BCUT2D eigenvalue weighted by molar-refractivity contribution is 0.590. The minimum atomic E-state index is -0.0993. The Kier molecular flexibility index (Phi) is 7.78. The highest BCUT2D eigenvalue weighted by atomic mass is 32.1. The second kappa shape index (κ2) is 13.0. The van der Waals surface area contributed by atoms with Crippen molar-refractivity contribution in [1.29, 1.82) is 0 Å². The van der Waals surface area contributed by atoms with E-state index in [2.05, 4.69) is 205 Å². The van der Waals surface area contributed by atoms with E-state index in [1.165, 1.54) is 123 Å². The Morgan fingerprint density at radius 2 is 1.23 bits per heavy atom. The van der Waals surface area contributed by atoms with Gasteiger partial charge in [0.25, 0.3) is 0 Å². The van der Waals surface area contributed by atoms with E-state index in [1.54, 1.807) is 0 Å². The van der Waals surface area contributed by atoms with Gasteiger partial charge in [-0.3, -0.25) is 0 Å². The lowest BCUT2D eigenvalue weighted by Crippen LogP contribution is -2.38. The van der Waals surface area contributed by atoms with E-state index in [0.29, 0.717) is 0 Å². The molecule has 5 heteroatoms. The Morgan fingerprint density at radius 1 is 0.547 bits per heavy atom. The second-order valence-electron chi connectivity index (χ2n) is 21.0. The van der Waals surface area contributed by atoms with Crippen molar-refractivity contribution < 1.29 is 0 Å². The standard InChI is InChI=1S/C59H49BN2S2/c1-57(2,3)32-21-24-34(25-22-32)61-45-31-50-39(36-16-10-13-19-48(36)63-50)28-40(45)51-52-37-17-11-14-20-49(37)64-56(52)53-41-27-33(58(4,5)6)23-26-46(41)62-47-29-38-35-15-9-12-18-42(35)59(7,8)43(38)30-44(47)60-54(51)55(53)62/h9-31,60-61H,1-8H3. The third kappa shape index (κ3) is 5.32. The summed E-state index contributed by atoms with van der Waals surface area (Å²) in [7, 11) is 0.839. The number of hydrogen-bond acceptors (Lipinski definition) is 3. The number of benzene rings is 8. The Hall–Kier alpha value is -6.14. The van der Waals surface area contributed by atoms with Gasteiger partial charge in [0, 0.05) is 79.2 Å². The first-order valence-corrected chi connectivity index (χ1v) is 24.4. The van der Waals surface area contributed by atoms with Crippen LogP contribution in [0.3, 0.4) is 0 Å². The van der Waals surface area contributed by atoms with Gasteiger partial charge in [0.2, 0.25) is 0 Å². The maximum Gasteiger partial charge on any atom is 0.198 e. The molecule has 1 aliphatic heterocycles. The fourth-order valence-electron chi connectivity index (χ4n) is 11.3. The third-order valence-electron chi connectivity index (χ3n) is 14.7. The molecule has 0 radical (unpaired) electrons. The molecule has 13 rings (SSSR count). The summed E-state index contributed by atoms with van der Waals surface area (Å²) in [4.78, 5) is 0. The number of hydrogen-bond donors (Lipinski definition) is 1. The van der Waals surface area contributed by atoms with Crippen LogP contribution in [0.5, 0.6) is 0 Å². The number of nitrogens with zero attached hydrogens (tertiary/aromatic N) is 1. The molecule has 0 bridgehead atoms. The van der Waals surface area contributed by atoms with Crippen LogP contribution in [-0.4, -0.2) is 11.8 Å². The minimum Gasteiger partial charge on any atom is -0.355 e. The van der Waals surface area contributed by atoms with E-state index in [9.17, 15) is 0 Å². The van der Waals surface area contributed by atoms with Gasteiger partial charge in [-0.1, -0.05) is 146 Å². The van der Waals surface area contributed by atoms with Crippen LogP contribution in [0.1, 0.15) is 77.6 Å². The maximum atomic E-state index is 4.05. The van der Waals surface area contributed by atoms with E-state index in [-0.39, 0.29) is 16.2 Å². The molecule has 1 N–H and O–H groups in total. The minimum absolute atomic E-state index is 0.00321. The molecular formula is C59H49BN2S2. The van der Waals surface area contributed by atoms with Gasteiger partial charge >= 0.3 is 0 Å². The summed E-state index contributed by atoms with van der Waals surface area (Å²) in [5, 5.41) is 12.1. The topological polar surface area (TPSA) is 17.0 Å². The third-order valence-corrected chi connectivity index (χ3v) is 17.0. The predicted octanol–water partition coefficient (Wildman–Crippen LogP) is 15.5. The summed E-state index contributed by atoms with van der Waals surface area (Å²) in [5.41, 5.74) is 19.8. The van der Waals surface area contributed by atoms with Crippen molar-refractivity contribution >= 4 is 114 Å². The van der Waals surface area contributed by atoms with Crippen molar-refractivity contribution in [2.45, 2.75) is 71.6 Å². The zero-order chi connectivity index (χ0) is 43.6. The molecule has 1 aliphatic carbocycles. The van der Waals surface area contributed by atoms with E-state index in [0.717, 1.165) is 18.7 Å². The smallest absolute Gasteiger partial charge is 0.198 e. The molecule has 0 spiro atoms. The number of rotatable bonds is 3. The number of aromatic nitrogens is 1. The van der Waals surface area contributed by atoms with Crippen LogP contribution in [-0.2, 0) is 16.2 Å². The average molecular weight is 861 g/mol. The Labute approximate surface area is 383 Å². The molecule has 11 aromatic rings. The van der Waals surface area contributed by atoms with Crippen LogP contribution in [0.2, 0.25) is 0 Å². The van der Waals surface area contributed by atoms with Gasteiger partial charge in [0.05, 0.1) is 11.0 Å². The van der Waals surface area contributed by atoms with Gasteiger partial charge in [-0.05, 0) is 110 Å². The fourth-order valence-corrected chi connectivity index (χ4v) is 13.7. The first-order chi connectivity index (χ1) is 30.7. The van der Waals surface area contributed by atoms with Crippen LogP contribution in [0, 0.1) is 0 Å². The van der Waals surface area contributed by atoms with Crippen molar-refractivity contribution in [1.82, 2.24) is 4.57 Å². The Morgan fingerprint density at radius 3 is 2.00 bits per heavy atom. The van der Waals surface area contributed by atoms with E-state index < -0.39 is 0 Å². The van der Waals surface area contributed by atoms with Crippen LogP contribution in [0.25, 0.3) is 90.1 Å². The van der Waals surface area contributed by atoms with Gasteiger partial charge in [0.15, 0.2) is 7.28 Å². The SMILES string of the molecule is CC(C)(C)c1ccc(Nc2cc3sc4ccccc4c3cc2-c2c3c4c(c5cc(C(C)(C)C)ccc5n4-c4cc5c(cc4B3)C(C)(C)c3ccccc3-5)c3sc4ccccc4c23)cc1. The lowest BCUT2D eigenvalue weighted by atomic mass is 9.57. The van der Waals surface area contributed by atoms with Crippen molar-refractivity contribution in [3.63, 3.8) is 0 Å². The first-order valence-electron chi connectivity index (χ1n) is 22.8. The van der Waals surface area contributed by atoms with Gasteiger partial charge in [-0.2, -0.15) is 0 Å². The molecule has 2 aliphatic rings. The number of thiophene rings is 2. The summed E-state index contributed by atoms with van der Waals surface area (Å²) < 4.78 is 7.99. The largest absolute Gasteiger partial charge is 0.355 e. The van der Waals surface area contributed by atoms with Gasteiger partial charge in [0.1, 0.15) is 0 Å². The van der Waals surface area contributed by atoms with Gasteiger partial charge in [-0.25, -0.2) is 0 Å². The summed E-state index contributed by atoms with van der Waals surface area (Å²) >= 11 is 3.86. The molecule has 0 saturated heterocycles. The van der Waals surface area contributed by atoms with Crippen molar-refractivity contribution in [3.05, 3.63) is 162 Å². The molecule has 8 aromatic carbocycles. The molecule has 0 atom stereocenters. The highest BCUT2D eigenvalue weighted by molar-refractivity contribution is 7.27. The summed E-state index contributed by atoms with van der Waals surface area (Å²) in [6.45, 7) is 18.7. The predicted molar refractivity (Wildman–Crippen MR) is 283 cm³/mol. The molecule has 2 nitrogen and oxygen atoms in total. The fraction of sp³-hybridized carbons (Fsp3) is 0.186. The molecule has 0 saturated carbocycles. The zero-order valence-electron chi connectivity index (χ0n) is 37.7. The Bertz CT molecular complexity index is 3820. The number of nitrogens with one attached hydrogen (secondary N) is 1. The van der Waals surface area contributed by atoms with E-state index >= 15 is 0 Å². The summed E-state index contributed by atoms with van der Waals surface area (Å²) in [5.74, 6) is 0. The van der Waals surface area contributed by atoms with Crippen LogP contribution >= 0.6 is 22.7 Å². The molecule has 3 aromatic heterocycles. The number of anilines is 2. The second-order valence-corrected chi connectivity index (χ2v) is 23.2. The normalized spacial score (nSPS) is 14.2. The highest BCUT2D eigenvalue weighted by Crippen LogP contribution is 2.53. The van der Waals surface area contributed by atoms with Crippen molar-refractivity contribution in [2.75, 3.05) is 5.32 Å². The Balaban J connectivity index is 1.20. The van der Waals surface area contributed by atoms with E-state index in [1.807, 2.05) is 22.7 Å². The molecule has 310 valence electrons. The average Bonchev–Trinajstić information content (AvgIpc) is 4.00. The molecule has 64 heavy (non-hydrogen) atoms. The van der Waals surface area contributed by atoms with Crippen LogP contribution in [0.4, 0.5) is 11.4 Å². The summed E-state index contributed by atoms with van der Waals surface area (Å²) in [6, 6.07) is 53.7. The van der Waals surface area contributed by atoms with Gasteiger partial charge in [-0.15, -0.1) is 22.7 Å². The zero-order valence-corrected chi connectivity index (χ0v) is 39.4. The highest BCUT2D eigenvalue weighted by Gasteiger charge is 2.38. The summed E-state index contributed by atoms with van der Waals surface area (Å²) in [6.07, 6.45) is 0. The van der Waals surface area contributed by atoms with Crippen LogP contribution in [0.15, 0.2) is 140 Å². The molecule has 4 heterocycles. The maximum absolute atomic E-state index is 4.05.